The van der Waals surface area contributed by atoms with Crippen molar-refractivity contribution in [2.75, 3.05) is 32.7 Å². The van der Waals surface area contributed by atoms with Crippen LogP contribution in [0.5, 0.6) is 0 Å². The van der Waals surface area contributed by atoms with Crippen molar-refractivity contribution in [1.29, 1.82) is 0 Å². The highest BCUT2D eigenvalue weighted by atomic mass is 32.2. The molecule has 1 atom stereocenters. The molecule has 0 spiro atoms. The normalized spacial score (nSPS) is 13.0. The number of carbonyl (C=O) groups excluding carboxylic acids is 1. The quantitative estimate of drug-likeness (QED) is 0.603. The van der Waals surface area contributed by atoms with Gasteiger partial charge in [0.15, 0.2) is 0 Å². The highest BCUT2D eigenvalue weighted by Gasteiger charge is 2.21. The number of hydrogen-bond donors (Lipinski definition) is 1. The molecule has 0 aliphatic carbocycles. The van der Waals surface area contributed by atoms with Crippen molar-refractivity contribution in [2.45, 2.75) is 33.1 Å². The first-order chi connectivity index (χ1) is 11.7. The minimum Gasteiger partial charge on any atom is -0.382 e. The lowest BCUT2D eigenvalue weighted by Gasteiger charge is -2.14. The van der Waals surface area contributed by atoms with Crippen LogP contribution < -0.4 is 4.72 Å². The highest BCUT2D eigenvalue weighted by Crippen LogP contribution is 2.18. The SMILES string of the molecule is COCCOCCS(=O)(=O)NC(=O)C(C)c1ccc(CC(C)C)cc1. The van der Waals surface area contributed by atoms with Crippen molar-refractivity contribution in [3.63, 3.8) is 0 Å². The second kappa shape index (κ2) is 10.5. The summed E-state index contributed by atoms with van der Waals surface area (Å²) >= 11 is 0. The average Bonchev–Trinajstić information content (AvgIpc) is 2.53. The van der Waals surface area contributed by atoms with Crippen molar-refractivity contribution >= 4 is 15.9 Å². The van der Waals surface area contributed by atoms with Crippen LogP contribution >= 0.6 is 0 Å². The molecule has 0 aliphatic rings. The van der Waals surface area contributed by atoms with Crippen molar-refractivity contribution < 1.29 is 22.7 Å². The van der Waals surface area contributed by atoms with Gasteiger partial charge in [-0.25, -0.2) is 8.42 Å². The number of nitrogens with one attached hydrogen (secondary N) is 1. The predicted octanol–water partition coefficient (Wildman–Crippen LogP) is 2.10. The minimum absolute atomic E-state index is 0.0181. The van der Waals surface area contributed by atoms with E-state index in [1.165, 1.54) is 12.7 Å². The van der Waals surface area contributed by atoms with Gasteiger partial charge in [0.2, 0.25) is 15.9 Å². The number of ether oxygens (including phenoxy) is 2. The van der Waals surface area contributed by atoms with E-state index in [0.29, 0.717) is 19.1 Å². The zero-order valence-corrected chi connectivity index (χ0v) is 16.3. The maximum Gasteiger partial charge on any atom is 0.240 e. The van der Waals surface area contributed by atoms with Crippen LogP contribution in [0, 0.1) is 5.92 Å². The molecule has 142 valence electrons. The fourth-order valence-corrected chi connectivity index (χ4v) is 3.19. The van der Waals surface area contributed by atoms with Crippen LogP contribution in [0.2, 0.25) is 0 Å². The molecular formula is C18H29NO5S. The molecule has 25 heavy (non-hydrogen) atoms. The number of benzene rings is 1. The van der Waals surface area contributed by atoms with Crippen LogP contribution in [0.15, 0.2) is 24.3 Å². The Morgan fingerprint density at radius 3 is 2.28 bits per heavy atom. The van der Waals surface area contributed by atoms with Crippen LogP contribution in [0.1, 0.15) is 37.8 Å². The number of rotatable bonds is 11. The molecular weight excluding hydrogens is 342 g/mol. The van der Waals surface area contributed by atoms with E-state index in [9.17, 15) is 13.2 Å². The zero-order chi connectivity index (χ0) is 18.9. The summed E-state index contributed by atoms with van der Waals surface area (Å²) < 4.78 is 35.9. The van der Waals surface area contributed by atoms with E-state index in [2.05, 4.69) is 18.6 Å². The average molecular weight is 371 g/mol. The summed E-state index contributed by atoms with van der Waals surface area (Å²) in [6.07, 6.45) is 0.971. The van der Waals surface area contributed by atoms with Crippen molar-refractivity contribution in [2.24, 2.45) is 5.92 Å². The molecule has 0 heterocycles. The lowest BCUT2D eigenvalue weighted by Crippen LogP contribution is -2.36. The van der Waals surface area contributed by atoms with Crippen LogP contribution in [0.3, 0.4) is 0 Å². The van der Waals surface area contributed by atoms with E-state index < -0.39 is 21.8 Å². The Hall–Kier alpha value is -1.44. The summed E-state index contributed by atoms with van der Waals surface area (Å²) in [5.41, 5.74) is 1.99. The lowest BCUT2D eigenvalue weighted by molar-refractivity contribution is -0.120. The lowest BCUT2D eigenvalue weighted by atomic mass is 9.96. The number of sulfonamides is 1. The largest absolute Gasteiger partial charge is 0.382 e. The molecule has 1 amide bonds. The Morgan fingerprint density at radius 1 is 1.08 bits per heavy atom. The molecule has 0 fully saturated rings. The Bertz CT molecular complexity index is 625. The molecule has 0 bridgehead atoms. The maximum atomic E-state index is 12.2. The van der Waals surface area contributed by atoms with E-state index in [-0.39, 0.29) is 12.4 Å². The second-order valence-electron chi connectivity index (χ2n) is 6.45. The summed E-state index contributed by atoms with van der Waals surface area (Å²) in [5.74, 6) is -0.781. The monoisotopic (exact) mass is 371 g/mol. The van der Waals surface area contributed by atoms with E-state index in [1.807, 2.05) is 24.3 Å². The van der Waals surface area contributed by atoms with Gasteiger partial charge in [-0.05, 0) is 30.4 Å². The predicted molar refractivity (Wildman–Crippen MR) is 98.0 cm³/mol. The number of amides is 1. The third kappa shape index (κ3) is 8.47. The Kier molecular flexibility index (Phi) is 9.10. The molecule has 1 aromatic carbocycles. The van der Waals surface area contributed by atoms with E-state index in [4.69, 9.17) is 9.47 Å². The van der Waals surface area contributed by atoms with Crippen LogP contribution in [0.4, 0.5) is 0 Å². The molecule has 0 saturated carbocycles. The minimum atomic E-state index is -3.71. The van der Waals surface area contributed by atoms with Crippen molar-refractivity contribution in [1.82, 2.24) is 4.72 Å². The molecule has 0 aliphatic heterocycles. The number of methoxy groups -OCH3 is 1. The standard InChI is InChI=1S/C18H29NO5S/c1-14(2)13-16-5-7-17(8-6-16)15(3)18(20)19-25(21,22)12-11-24-10-9-23-4/h5-8,14-15H,9-13H2,1-4H3,(H,19,20). The zero-order valence-electron chi connectivity index (χ0n) is 15.4. The van der Waals surface area contributed by atoms with Gasteiger partial charge in [0.1, 0.15) is 0 Å². The third-order valence-corrected chi connectivity index (χ3v) is 4.92. The molecule has 0 saturated heterocycles. The maximum absolute atomic E-state index is 12.2. The summed E-state index contributed by atoms with van der Waals surface area (Å²) in [7, 11) is -2.17. The van der Waals surface area contributed by atoms with Gasteiger partial charge in [-0.3, -0.25) is 9.52 Å². The Morgan fingerprint density at radius 2 is 1.72 bits per heavy atom. The van der Waals surface area contributed by atoms with Gasteiger partial charge in [-0.1, -0.05) is 38.1 Å². The molecule has 0 aromatic heterocycles. The first-order valence-electron chi connectivity index (χ1n) is 8.45. The number of hydrogen-bond acceptors (Lipinski definition) is 5. The van der Waals surface area contributed by atoms with Gasteiger partial charge in [0.25, 0.3) is 0 Å². The van der Waals surface area contributed by atoms with Gasteiger partial charge >= 0.3 is 0 Å². The topological polar surface area (TPSA) is 81.7 Å². The van der Waals surface area contributed by atoms with Crippen molar-refractivity contribution in [3.05, 3.63) is 35.4 Å². The summed E-state index contributed by atoms with van der Waals surface area (Å²) in [5, 5.41) is 0. The fourth-order valence-electron chi connectivity index (χ4n) is 2.27. The third-order valence-electron chi connectivity index (χ3n) is 3.70. The molecule has 1 aromatic rings. The van der Waals surface area contributed by atoms with Gasteiger partial charge in [-0.2, -0.15) is 0 Å². The van der Waals surface area contributed by atoms with Crippen LogP contribution in [-0.4, -0.2) is 47.0 Å². The van der Waals surface area contributed by atoms with E-state index >= 15 is 0 Å². The fraction of sp³-hybridized carbons (Fsp3) is 0.611. The van der Waals surface area contributed by atoms with E-state index in [0.717, 1.165) is 12.0 Å². The van der Waals surface area contributed by atoms with E-state index in [1.54, 1.807) is 6.92 Å². The molecule has 7 heteroatoms. The van der Waals surface area contributed by atoms with Gasteiger partial charge in [0.05, 0.1) is 31.5 Å². The van der Waals surface area contributed by atoms with Gasteiger partial charge in [-0.15, -0.1) is 0 Å². The first kappa shape index (κ1) is 21.6. The van der Waals surface area contributed by atoms with Crippen LogP contribution in [0.25, 0.3) is 0 Å². The van der Waals surface area contributed by atoms with Crippen LogP contribution in [-0.2, 0) is 30.7 Å². The summed E-state index contributed by atoms with van der Waals surface area (Å²) in [4.78, 5) is 12.2. The molecule has 1 unspecified atom stereocenters. The Labute approximate surface area is 151 Å². The number of carbonyl (C=O) groups is 1. The first-order valence-corrected chi connectivity index (χ1v) is 10.1. The smallest absolute Gasteiger partial charge is 0.240 e. The second-order valence-corrected chi connectivity index (χ2v) is 8.29. The van der Waals surface area contributed by atoms with Crippen molar-refractivity contribution in [3.8, 4) is 0 Å². The highest BCUT2D eigenvalue weighted by molar-refractivity contribution is 7.90. The Balaban J connectivity index is 2.54. The molecule has 6 nitrogen and oxygen atoms in total. The molecule has 0 radical (unpaired) electrons. The summed E-state index contributed by atoms with van der Waals surface area (Å²) in [6, 6.07) is 7.72. The van der Waals surface area contributed by atoms with Gasteiger partial charge in [0, 0.05) is 7.11 Å². The summed E-state index contributed by atoms with van der Waals surface area (Å²) in [6.45, 7) is 6.72. The molecule has 1 rings (SSSR count). The van der Waals surface area contributed by atoms with Gasteiger partial charge < -0.3 is 9.47 Å². The molecule has 1 N–H and O–H groups in total.